The highest BCUT2D eigenvalue weighted by Crippen LogP contribution is 2.61. The molecule has 7 heteroatoms. The summed E-state index contributed by atoms with van der Waals surface area (Å²) in [4.78, 5) is 0. The fraction of sp³-hybridized carbons (Fsp3) is 0.591. The first-order valence-electron chi connectivity index (χ1n) is 38.5. The zero-order valence-electron chi connectivity index (χ0n) is 60.1. The zero-order chi connectivity index (χ0) is 66.2. The fourth-order valence-corrected chi connectivity index (χ4v) is 17.5. The minimum atomic E-state index is 0.123. The Morgan fingerprint density at radius 2 is 0.705 bits per heavy atom. The van der Waals surface area contributed by atoms with Crippen LogP contribution in [0.5, 0.6) is 0 Å². The Morgan fingerprint density at radius 1 is 0.316 bits per heavy atom. The Balaban J connectivity index is 0.000000131. The molecule has 6 atom stereocenters. The Morgan fingerprint density at radius 3 is 1.19 bits per heavy atom. The lowest BCUT2D eigenvalue weighted by atomic mass is 9.76. The smallest absolute Gasteiger partial charge is 0.109 e. The molecule has 10 aliphatic carbocycles. The van der Waals surface area contributed by atoms with Crippen LogP contribution < -0.4 is 0 Å². The molecule has 7 nitrogen and oxygen atoms in total. The van der Waals surface area contributed by atoms with Crippen molar-refractivity contribution in [3.63, 3.8) is 0 Å². The van der Waals surface area contributed by atoms with Crippen LogP contribution in [0.15, 0.2) is 146 Å². The highest BCUT2D eigenvalue weighted by molar-refractivity contribution is 5.79. The molecule has 0 N–H and O–H groups in total. The van der Waals surface area contributed by atoms with E-state index in [0.717, 1.165) is 133 Å². The number of hydrogen-bond acceptors (Lipinski definition) is 7. The van der Waals surface area contributed by atoms with Crippen LogP contribution in [0.4, 0.5) is 0 Å². The van der Waals surface area contributed by atoms with E-state index in [0.29, 0.717) is 11.8 Å². The topological polar surface area (TPSA) is 64.6 Å². The van der Waals surface area contributed by atoms with Crippen LogP contribution in [0.1, 0.15) is 226 Å². The van der Waals surface area contributed by atoms with E-state index in [1.54, 1.807) is 19.3 Å². The van der Waals surface area contributed by atoms with E-state index in [1.165, 1.54) is 182 Å². The van der Waals surface area contributed by atoms with E-state index in [-0.39, 0.29) is 6.10 Å². The molecular formula is C88H124O7. The van der Waals surface area contributed by atoms with Gasteiger partial charge in [-0.15, -0.1) is 0 Å². The summed E-state index contributed by atoms with van der Waals surface area (Å²) in [5.74, 6) is 8.80. The third kappa shape index (κ3) is 21.8. The molecule has 0 radical (unpaired) electrons. The minimum Gasteiger partial charge on any atom is -0.381 e. The standard InChI is InChI=1S/C16H16O.C15H14O.C12H20O.2C12H16O.C11H22O.C10H20O/c1-2-17-11-16-14-9-5-3-7-12(14)13-8-4-6-10-15(13)16;1-2-16-15-13-9-5-3-7-11(13)12-8-4-6-10-14(12)15;1-2-13-7-12-10-4-8-3-9(6-10)11(12)5-8;1-2-13-9-10-7-11-5-3-4-6-12(11)8-10;1-2-13-9-11-8-7-10-5-3-4-6-12(10)11;1-2-12-10-11-8-6-4-3-5-7-9-11;1-2-11-9-10-7-5-3-4-6-8-10/h3-10,16H,2,11H2,1H3;3-10,15H,2H2,1H3;8-12H,2-7H2,1H3;3-6,10H,2,7-9H2,1H3;3-6,11H,2,7-9H2,1H3;11H,2-10H2,1H3;10H,2-9H2,1H3. The van der Waals surface area contributed by atoms with Crippen LogP contribution in [0.2, 0.25) is 0 Å². The maximum Gasteiger partial charge on any atom is 0.109 e. The van der Waals surface area contributed by atoms with Gasteiger partial charge in [-0.25, -0.2) is 0 Å². The van der Waals surface area contributed by atoms with Crippen molar-refractivity contribution in [1.82, 2.24) is 0 Å². The summed E-state index contributed by atoms with van der Waals surface area (Å²) in [6.45, 7) is 26.0. The van der Waals surface area contributed by atoms with Gasteiger partial charge in [-0.1, -0.05) is 203 Å². The molecule has 6 saturated carbocycles. The maximum atomic E-state index is 5.86. The lowest BCUT2D eigenvalue weighted by Crippen LogP contribution is -2.26. The van der Waals surface area contributed by atoms with Gasteiger partial charge in [0, 0.05) is 84.5 Å². The summed E-state index contributed by atoms with van der Waals surface area (Å²) in [6, 6.07) is 51.8. The third-order valence-corrected chi connectivity index (χ3v) is 22.1. The molecule has 4 bridgehead atoms. The molecule has 0 spiro atoms. The lowest BCUT2D eigenvalue weighted by molar-refractivity contribution is 0.0563. The fourth-order valence-electron chi connectivity index (χ4n) is 17.5. The summed E-state index contributed by atoms with van der Waals surface area (Å²) >= 11 is 0. The zero-order valence-corrected chi connectivity index (χ0v) is 60.1. The minimum absolute atomic E-state index is 0.123. The van der Waals surface area contributed by atoms with E-state index in [2.05, 4.69) is 180 Å². The highest BCUT2D eigenvalue weighted by Gasteiger charge is 2.53. The van der Waals surface area contributed by atoms with Crippen molar-refractivity contribution in [2.75, 3.05) is 85.9 Å². The molecule has 0 saturated heterocycles. The van der Waals surface area contributed by atoms with Gasteiger partial charge in [0.2, 0.25) is 0 Å². The normalized spacial score (nSPS) is 22.0. The molecule has 6 unspecified atom stereocenters. The second kappa shape index (κ2) is 41.4. The molecule has 6 aromatic carbocycles. The molecule has 0 amide bonds. The average Bonchev–Trinajstić information content (AvgIpc) is 1.66. The van der Waals surface area contributed by atoms with Crippen molar-refractivity contribution >= 4 is 0 Å². The van der Waals surface area contributed by atoms with Crippen molar-refractivity contribution in [1.29, 1.82) is 0 Å². The van der Waals surface area contributed by atoms with Crippen molar-refractivity contribution in [3.8, 4) is 22.3 Å². The molecule has 16 rings (SSSR count). The predicted octanol–water partition coefficient (Wildman–Crippen LogP) is 21.9. The Bertz CT molecular complexity index is 2940. The monoisotopic (exact) mass is 1290 g/mol. The first-order chi connectivity index (χ1) is 46.9. The van der Waals surface area contributed by atoms with Gasteiger partial charge in [0.1, 0.15) is 6.10 Å². The van der Waals surface area contributed by atoms with Crippen molar-refractivity contribution in [2.24, 2.45) is 47.3 Å². The summed E-state index contributed by atoms with van der Waals surface area (Å²) in [7, 11) is 0. The number of aryl methyl sites for hydroxylation is 1. The Hall–Kier alpha value is -4.96. The predicted molar refractivity (Wildman–Crippen MR) is 396 cm³/mol. The van der Waals surface area contributed by atoms with E-state index in [9.17, 15) is 0 Å². The molecule has 0 aliphatic heterocycles. The number of fused-ring (bicyclic) bond motifs is 8. The number of hydrogen-bond donors (Lipinski definition) is 0. The number of rotatable bonds is 20. The highest BCUT2D eigenvalue weighted by atomic mass is 16.5. The number of ether oxygens (including phenoxy) is 7. The van der Waals surface area contributed by atoms with Crippen LogP contribution in [0.3, 0.4) is 0 Å². The first kappa shape index (κ1) is 74.3. The largest absolute Gasteiger partial charge is 0.381 e. The lowest BCUT2D eigenvalue weighted by Gasteiger charge is -2.31. The van der Waals surface area contributed by atoms with Gasteiger partial charge in [-0.2, -0.15) is 0 Å². The quantitative estimate of drug-likeness (QED) is 0.0706. The van der Waals surface area contributed by atoms with Crippen LogP contribution in [0, 0.1) is 47.3 Å². The molecule has 95 heavy (non-hydrogen) atoms. The van der Waals surface area contributed by atoms with E-state index in [1.807, 2.05) is 13.8 Å². The van der Waals surface area contributed by atoms with Crippen molar-refractivity contribution in [2.45, 2.75) is 201 Å². The average molecular weight is 1290 g/mol. The Labute approximate surface area is 576 Å². The van der Waals surface area contributed by atoms with Crippen LogP contribution in [-0.2, 0) is 52.4 Å². The molecule has 6 fully saturated rings. The Kier molecular flexibility index (Phi) is 32.4. The molecule has 10 aliphatic rings. The van der Waals surface area contributed by atoms with Gasteiger partial charge in [-0.05, 0) is 240 Å². The summed E-state index contributed by atoms with van der Waals surface area (Å²) in [5.41, 5.74) is 16.8. The van der Waals surface area contributed by atoms with Gasteiger partial charge in [0.15, 0.2) is 0 Å². The maximum absolute atomic E-state index is 5.86. The molecule has 0 aromatic heterocycles. The second-order valence-corrected chi connectivity index (χ2v) is 28.4. The van der Waals surface area contributed by atoms with Crippen LogP contribution in [-0.4, -0.2) is 85.9 Å². The van der Waals surface area contributed by atoms with E-state index in [4.69, 9.17) is 33.2 Å². The van der Waals surface area contributed by atoms with Gasteiger partial charge in [-0.3, -0.25) is 0 Å². The number of benzene rings is 6. The van der Waals surface area contributed by atoms with Crippen molar-refractivity contribution < 1.29 is 33.2 Å². The van der Waals surface area contributed by atoms with Gasteiger partial charge in [0.25, 0.3) is 0 Å². The third-order valence-electron chi connectivity index (χ3n) is 22.1. The van der Waals surface area contributed by atoms with Gasteiger partial charge < -0.3 is 33.2 Å². The first-order valence-corrected chi connectivity index (χ1v) is 38.5. The van der Waals surface area contributed by atoms with Gasteiger partial charge >= 0.3 is 0 Å². The summed E-state index contributed by atoms with van der Waals surface area (Å²) < 4.78 is 38.9. The van der Waals surface area contributed by atoms with Crippen LogP contribution >= 0.6 is 0 Å². The summed E-state index contributed by atoms with van der Waals surface area (Å²) in [5, 5.41) is 0. The van der Waals surface area contributed by atoms with Gasteiger partial charge in [0.05, 0.1) is 13.2 Å². The molecule has 518 valence electrons. The SMILES string of the molecule is CCOC1c2ccccc2-c2ccccc21.CCOCC1C2CC3CC(C2)C1C3.CCOCC1CCCCCC1.CCOCC1CCCCCCC1.CCOCC1CCc2ccccc21.CCOCC1Cc2ccccc2C1.CCOCC1c2ccccc2-c2ccccc21. The molecular weight excluding hydrogens is 1170 g/mol. The van der Waals surface area contributed by atoms with E-state index < -0.39 is 0 Å². The van der Waals surface area contributed by atoms with Crippen LogP contribution in [0.25, 0.3) is 22.3 Å². The molecule has 0 heterocycles. The molecule has 6 aromatic rings. The van der Waals surface area contributed by atoms with Crippen molar-refractivity contribution in [3.05, 3.63) is 190 Å². The summed E-state index contributed by atoms with van der Waals surface area (Å²) in [6.07, 6.45) is 29.8. The van der Waals surface area contributed by atoms with E-state index >= 15 is 0 Å². The second-order valence-electron chi connectivity index (χ2n) is 28.4.